The van der Waals surface area contributed by atoms with Crippen molar-refractivity contribution in [2.45, 2.75) is 12.5 Å². The summed E-state index contributed by atoms with van der Waals surface area (Å²) in [4.78, 5) is 51.8. The minimum Gasteiger partial charge on any atom is -0.480 e. The Morgan fingerprint density at radius 1 is 1.22 bits per heavy atom. The molecule has 0 aliphatic heterocycles. The zero-order valence-electron chi connectivity index (χ0n) is 12.2. The number of hydrogen-bond acceptors (Lipinski definition) is 6. The van der Waals surface area contributed by atoms with Crippen LogP contribution < -0.4 is 21.7 Å². The summed E-state index contributed by atoms with van der Waals surface area (Å²) in [6.45, 7) is -1.18. The minimum atomic E-state index is -1.21. The fourth-order valence-electron chi connectivity index (χ4n) is 1.61. The molecule has 11 heteroatoms. The summed E-state index contributed by atoms with van der Waals surface area (Å²) in [5.41, 5.74) is 5.67. The first-order valence-electron chi connectivity index (χ1n) is 6.65. The highest BCUT2D eigenvalue weighted by atomic mass is 16.4. The number of rotatable bonds is 9. The van der Waals surface area contributed by atoms with Crippen LogP contribution in [0.1, 0.15) is 5.69 Å². The molecule has 23 heavy (non-hydrogen) atoms. The third-order valence-corrected chi connectivity index (χ3v) is 2.68. The van der Waals surface area contributed by atoms with E-state index in [0.29, 0.717) is 5.69 Å². The Bertz CT molecular complexity index is 558. The van der Waals surface area contributed by atoms with Crippen LogP contribution in [0.5, 0.6) is 0 Å². The number of aliphatic carboxylic acids is 1. The third kappa shape index (κ3) is 7.04. The predicted octanol–water partition coefficient (Wildman–Crippen LogP) is -3.29. The number of hydrogen-bond donors (Lipinski definition) is 6. The van der Waals surface area contributed by atoms with E-state index in [1.54, 1.807) is 0 Å². The van der Waals surface area contributed by atoms with E-state index in [1.807, 2.05) is 0 Å². The molecule has 0 aliphatic rings. The first kappa shape index (κ1) is 18.1. The van der Waals surface area contributed by atoms with E-state index in [4.69, 9.17) is 10.8 Å². The molecule has 0 spiro atoms. The van der Waals surface area contributed by atoms with E-state index < -0.39 is 36.3 Å². The van der Waals surface area contributed by atoms with Crippen LogP contribution in [-0.4, -0.2) is 64.4 Å². The number of amides is 3. The van der Waals surface area contributed by atoms with Gasteiger partial charge in [-0.05, 0) is 0 Å². The van der Waals surface area contributed by atoms with E-state index in [9.17, 15) is 19.2 Å². The van der Waals surface area contributed by atoms with E-state index in [-0.39, 0.29) is 19.5 Å². The van der Waals surface area contributed by atoms with Gasteiger partial charge in [-0.15, -0.1) is 0 Å². The van der Waals surface area contributed by atoms with Crippen LogP contribution in [0.25, 0.3) is 0 Å². The first-order valence-corrected chi connectivity index (χ1v) is 6.65. The van der Waals surface area contributed by atoms with Gasteiger partial charge in [0.1, 0.15) is 12.6 Å². The highest BCUT2D eigenvalue weighted by molar-refractivity contribution is 5.91. The average molecular weight is 326 g/mol. The maximum absolute atomic E-state index is 12.0. The van der Waals surface area contributed by atoms with Gasteiger partial charge in [-0.1, -0.05) is 0 Å². The van der Waals surface area contributed by atoms with Crippen LogP contribution in [0.2, 0.25) is 0 Å². The van der Waals surface area contributed by atoms with Crippen LogP contribution in [0, 0.1) is 0 Å². The molecule has 1 atom stereocenters. The van der Waals surface area contributed by atoms with Crippen molar-refractivity contribution in [1.29, 1.82) is 0 Å². The minimum absolute atomic E-state index is 0.0853. The SMILES string of the molecule is NCC(=O)NCC(=O)N[C@H](Cc1cnc[nH]1)C(=O)NCC(=O)O. The van der Waals surface area contributed by atoms with E-state index >= 15 is 0 Å². The molecule has 0 bridgehead atoms. The monoisotopic (exact) mass is 326 g/mol. The summed E-state index contributed by atoms with van der Waals surface area (Å²) >= 11 is 0. The van der Waals surface area contributed by atoms with Crippen molar-refractivity contribution in [3.63, 3.8) is 0 Å². The summed E-state index contributed by atoms with van der Waals surface area (Å²) in [6, 6.07) is -1.02. The number of imidazole rings is 1. The summed E-state index contributed by atoms with van der Waals surface area (Å²) in [6.07, 6.45) is 2.96. The lowest BCUT2D eigenvalue weighted by Crippen LogP contribution is -2.51. The molecule has 0 aliphatic carbocycles. The Morgan fingerprint density at radius 2 is 1.96 bits per heavy atom. The molecule has 0 saturated carbocycles. The van der Waals surface area contributed by atoms with Crippen molar-refractivity contribution < 1.29 is 24.3 Å². The molecule has 7 N–H and O–H groups in total. The van der Waals surface area contributed by atoms with E-state index in [1.165, 1.54) is 12.5 Å². The van der Waals surface area contributed by atoms with Gasteiger partial charge >= 0.3 is 5.97 Å². The Balaban J connectivity index is 2.62. The smallest absolute Gasteiger partial charge is 0.322 e. The number of nitrogens with one attached hydrogen (secondary N) is 4. The van der Waals surface area contributed by atoms with Gasteiger partial charge in [0.25, 0.3) is 0 Å². The number of aromatic amines is 1. The van der Waals surface area contributed by atoms with Crippen LogP contribution in [0.4, 0.5) is 0 Å². The molecule has 0 radical (unpaired) electrons. The van der Waals surface area contributed by atoms with E-state index in [0.717, 1.165) is 0 Å². The maximum atomic E-state index is 12.0. The van der Waals surface area contributed by atoms with Crippen LogP contribution in [-0.2, 0) is 25.6 Å². The Morgan fingerprint density at radius 3 is 2.52 bits per heavy atom. The molecular weight excluding hydrogens is 308 g/mol. The van der Waals surface area contributed by atoms with Gasteiger partial charge in [-0.2, -0.15) is 0 Å². The highest BCUT2D eigenvalue weighted by Gasteiger charge is 2.22. The normalized spacial score (nSPS) is 11.3. The predicted molar refractivity (Wildman–Crippen MR) is 76.9 cm³/mol. The summed E-state index contributed by atoms with van der Waals surface area (Å²) in [5, 5.41) is 15.4. The van der Waals surface area contributed by atoms with Gasteiger partial charge < -0.3 is 31.8 Å². The van der Waals surface area contributed by atoms with Crippen molar-refractivity contribution >= 4 is 23.7 Å². The molecule has 126 valence electrons. The van der Waals surface area contributed by atoms with Crippen molar-refractivity contribution in [1.82, 2.24) is 25.9 Å². The number of carboxylic acids is 1. The molecular formula is C12H18N6O5. The van der Waals surface area contributed by atoms with Gasteiger partial charge in [0.15, 0.2) is 0 Å². The molecule has 1 aromatic rings. The van der Waals surface area contributed by atoms with Gasteiger partial charge in [0, 0.05) is 18.3 Å². The molecule has 1 aromatic heterocycles. The molecule has 1 heterocycles. The number of carboxylic acid groups (broad SMARTS) is 1. The fraction of sp³-hybridized carbons (Fsp3) is 0.417. The second-order valence-corrected chi connectivity index (χ2v) is 4.49. The molecule has 0 saturated heterocycles. The fourth-order valence-corrected chi connectivity index (χ4v) is 1.61. The van der Waals surface area contributed by atoms with Crippen molar-refractivity contribution in [3.8, 4) is 0 Å². The molecule has 11 nitrogen and oxygen atoms in total. The van der Waals surface area contributed by atoms with Crippen molar-refractivity contribution in [2.75, 3.05) is 19.6 Å². The van der Waals surface area contributed by atoms with Crippen molar-refractivity contribution in [3.05, 3.63) is 18.2 Å². The Labute approximate surface area is 131 Å². The number of nitrogens with zero attached hydrogens (tertiary/aromatic N) is 1. The number of carbonyl (C=O) groups is 4. The lowest BCUT2D eigenvalue weighted by molar-refractivity contribution is -0.138. The standard InChI is InChI=1S/C12H18N6O5/c13-2-9(19)15-4-10(20)18-8(1-7-3-14-6-17-7)12(23)16-5-11(21)22/h3,6,8H,1-2,4-5,13H2,(H,14,17)(H,15,19)(H,16,23)(H,18,20)(H,21,22)/t8-/m1/s1. The molecule has 3 amide bonds. The largest absolute Gasteiger partial charge is 0.480 e. The Hall–Kier alpha value is -2.95. The highest BCUT2D eigenvalue weighted by Crippen LogP contribution is 1.99. The van der Waals surface area contributed by atoms with E-state index in [2.05, 4.69) is 25.9 Å². The number of nitrogens with two attached hydrogens (primary N) is 1. The summed E-state index contributed by atoms with van der Waals surface area (Å²) in [5.74, 6) is -3.00. The lowest BCUT2D eigenvalue weighted by Gasteiger charge is -2.17. The molecule has 0 unspecified atom stereocenters. The zero-order chi connectivity index (χ0) is 17.2. The van der Waals surface area contributed by atoms with Crippen LogP contribution in [0.15, 0.2) is 12.5 Å². The second kappa shape index (κ2) is 9.15. The lowest BCUT2D eigenvalue weighted by atomic mass is 10.1. The summed E-state index contributed by atoms with van der Waals surface area (Å²) < 4.78 is 0. The van der Waals surface area contributed by atoms with Gasteiger partial charge in [0.2, 0.25) is 17.7 Å². The number of aromatic nitrogens is 2. The first-order chi connectivity index (χ1) is 10.9. The summed E-state index contributed by atoms with van der Waals surface area (Å²) in [7, 11) is 0. The Kier molecular flexibility index (Phi) is 7.20. The number of H-pyrrole nitrogens is 1. The molecule has 0 aromatic carbocycles. The van der Waals surface area contributed by atoms with Crippen LogP contribution >= 0.6 is 0 Å². The second-order valence-electron chi connectivity index (χ2n) is 4.49. The van der Waals surface area contributed by atoms with Gasteiger partial charge in [0.05, 0.1) is 19.4 Å². The quantitative estimate of drug-likeness (QED) is 0.275. The van der Waals surface area contributed by atoms with Gasteiger partial charge in [-0.3, -0.25) is 19.2 Å². The topological polar surface area (TPSA) is 179 Å². The number of carbonyl (C=O) groups excluding carboxylic acids is 3. The maximum Gasteiger partial charge on any atom is 0.322 e. The zero-order valence-corrected chi connectivity index (χ0v) is 12.2. The molecule has 0 fully saturated rings. The van der Waals surface area contributed by atoms with Crippen molar-refractivity contribution in [2.24, 2.45) is 5.73 Å². The van der Waals surface area contributed by atoms with Crippen LogP contribution in [0.3, 0.4) is 0 Å². The van der Waals surface area contributed by atoms with Gasteiger partial charge in [-0.25, -0.2) is 4.98 Å². The molecule has 1 rings (SSSR count). The third-order valence-electron chi connectivity index (χ3n) is 2.68. The average Bonchev–Trinajstić information content (AvgIpc) is 3.02.